The second-order valence-corrected chi connectivity index (χ2v) is 6.23. The van der Waals surface area contributed by atoms with Gasteiger partial charge in [-0.25, -0.2) is 0 Å². The van der Waals surface area contributed by atoms with Crippen molar-refractivity contribution >= 4 is 0 Å². The van der Waals surface area contributed by atoms with Gasteiger partial charge in [-0.3, -0.25) is 0 Å². The van der Waals surface area contributed by atoms with E-state index in [1.165, 1.54) is 12.8 Å². The van der Waals surface area contributed by atoms with Crippen LogP contribution in [0.2, 0.25) is 0 Å². The van der Waals surface area contributed by atoms with Gasteiger partial charge in [0.2, 0.25) is 0 Å². The standard InChI is InChI=1S/C14H25F3N2O/c1-18-7-2-3-12(18)6-10-19-8-4-11(5-9-19)13(20)14(15,16)17/h11-13,20H,2-10H2,1H3. The predicted octanol–water partition coefficient (Wildman–Crippen LogP) is 2.11. The number of aliphatic hydroxyl groups excluding tert-OH is 1. The summed E-state index contributed by atoms with van der Waals surface area (Å²) in [5.74, 6) is -0.625. The van der Waals surface area contributed by atoms with E-state index < -0.39 is 18.2 Å². The fourth-order valence-corrected chi connectivity index (χ4v) is 3.44. The van der Waals surface area contributed by atoms with Gasteiger partial charge in [0.1, 0.15) is 0 Å². The first-order valence-corrected chi connectivity index (χ1v) is 7.55. The normalized spacial score (nSPS) is 28.9. The summed E-state index contributed by atoms with van der Waals surface area (Å²) in [6, 6.07) is 0.633. The average Bonchev–Trinajstić information content (AvgIpc) is 2.81. The maximum absolute atomic E-state index is 12.5. The van der Waals surface area contributed by atoms with Crippen LogP contribution in [0.4, 0.5) is 13.2 Å². The highest BCUT2D eigenvalue weighted by molar-refractivity contribution is 4.83. The van der Waals surface area contributed by atoms with Gasteiger partial charge in [0.25, 0.3) is 0 Å². The zero-order valence-corrected chi connectivity index (χ0v) is 12.1. The molecule has 2 fully saturated rings. The highest BCUT2D eigenvalue weighted by Crippen LogP contribution is 2.31. The molecule has 0 aromatic rings. The Morgan fingerprint density at radius 1 is 1.15 bits per heavy atom. The molecule has 1 N–H and O–H groups in total. The fourth-order valence-electron chi connectivity index (χ4n) is 3.44. The van der Waals surface area contributed by atoms with Crippen molar-refractivity contribution in [2.45, 2.75) is 50.4 Å². The summed E-state index contributed by atoms with van der Waals surface area (Å²) in [4.78, 5) is 4.62. The number of nitrogens with zero attached hydrogens (tertiary/aromatic N) is 2. The second kappa shape index (κ2) is 6.62. The molecule has 2 unspecified atom stereocenters. The van der Waals surface area contributed by atoms with Gasteiger partial charge in [-0.1, -0.05) is 0 Å². The Bertz CT molecular complexity index is 303. The molecule has 20 heavy (non-hydrogen) atoms. The van der Waals surface area contributed by atoms with E-state index in [0.717, 1.165) is 19.5 Å². The molecule has 0 aromatic heterocycles. The molecule has 2 aliphatic heterocycles. The van der Waals surface area contributed by atoms with E-state index in [1.807, 2.05) is 0 Å². The molecule has 0 saturated carbocycles. The van der Waals surface area contributed by atoms with Crippen LogP contribution in [0.25, 0.3) is 0 Å². The van der Waals surface area contributed by atoms with Crippen molar-refractivity contribution in [1.82, 2.24) is 9.80 Å². The Morgan fingerprint density at radius 3 is 2.30 bits per heavy atom. The van der Waals surface area contributed by atoms with Crippen molar-refractivity contribution < 1.29 is 18.3 Å². The van der Waals surface area contributed by atoms with E-state index in [9.17, 15) is 18.3 Å². The summed E-state index contributed by atoms with van der Waals surface area (Å²) in [6.45, 7) is 3.47. The molecule has 2 heterocycles. The summed E-state index contributed by atoms with van der Waals surface area (Å²) in [5, 5.41) is 9.28. The lowest BCUT2D eigenvalue weighted by Gasteiger charge is -2.35. The van der Waals surface area contributed by atoms with Crippen LogP contribution in [0.15, 0.2) is 0 Å². The molecule has 0 radical (unpaired) electrons. The van der Waals surface area contributed by atoms with Crippen LogP contribution in [-0.4, -0.2) is 66.5 Å². The van der Waals surface area contributed by atoms with Crippen molar-refractivity contribution in [3.05, 3.63) is 0 Å². The first-order valence-electron chi connectivity index (χ1n) is 7.55. The van der Waals surface area contributed by atoms with Crippen molar-refractivity contribution in [3.8, 4) is 0 Å². The maximum Gasteiger partial charge on any atom is 0.414 e. The topological polar surface area (TPSA) is 26.7 Å². The largest absolute Gasteiger partial charge is 0.414 e. The lowest BCUT2D eigenvalue weighted by Crippen LogP contribution is -2.44. The zero-order chi connectivity index (χ0) is 14.8. The Kier molecular flexibility index (Phi) is 5.31. The lowest BCUT2D eigenvalue weighted by molar-refractivity contribution is -0.223. The molecule has 3 nitrogen and oxygen atoms in total. The molecule has 0 aromatic carbocycles. The van der Waals surface area contributed by atoms with E-state index in [-0.39, 0.29) is 0 Å². The Labute approximate surface area is 118 Å². The number of hydrogen-bond acceptors (Lipinski definition) is 3. The predicted molar refractivity (Wildman–Crippen MR) is 71.5 cm³/mol. The van der Waals surface area contributed by atoms with Gasteiger partial charge in [0.05, 0.1) is 0 Å². The third-order valence-electron chi connectivity index (χ3n) is 4.86. The summed E-state index contributed by atoms with van der Waals surface area (Å²) in [7, 11) is 2.14. The zero-order valence-electron chi connectivity index (χ0n) is 12.1. The highest BCUT2D eigenvalue weighted by Gasteiger charge is 2.44. The molecular formula is C14H25F3N2O. The number of hydrogen-bond donors (Lipinski definition) is 1. The van der Waals surface area contributed by atoms with Gasteiger partial charge >= 0.3 is 6.18 Å². The Balaban J connectivity index is 1.69. The quantitative estimate of drug-likeness (QED) is 0.860. The molecule has 6 heteroatoms. The van der Waals surface area contributed by atoms with Crippen molar-refractivity contribution in [2.24, 2.45) is 5.92 Å². The number of aliphatic hydroxyl groups is 1. The fraction of sp³-hybridized carbons (Fsp3) is 1.00. The molecule has 0 aliphatic carbocycles. The van der Waals surface area contributed by atoms with E-state index >= 15 is 0 Å². The second-order valence-electron chi connectivity index (χ2n) is 6.23. The van der Waals surface area contributed by atoms with Crippen molar-refractivity contribution in [1.29, 1.82) is 0 Å². The number of likely N-dealkylation sites (tertiary alicyclic amines) is 2. The van der Waals surface area contributed by atoms with E-state index in [2.05, 4.69) is 16.8 Å². The summed E-state index contributed by atoms with van der Waals surface area (Å²) in [5.41, 5.74) is 0. The van der Waals surface area contributed by atoms with Crippen molar-refractivity contribution in [2.75, 3.05) is 33.2 Å². The minimum Gasteiger partial charge on any atom is -0.383 e. The number of alkyl halides is 3. The smallest absolute Gasteiger partial charge is 0.383 e. The van der Waals surface area contributed by atoms with Crippen LogP contribution in [0.1, 0.15) is 32.1 Å². The van der Waals surface area contributed by atoms with E-state index in [4.69, 9.17) is 0 Å². The number of halogens is 3. The Hall–Kier alpha value is -0.330. The molecule has 0 spiro atoms. The SMILES string of the molecule is CN1CCCC1CCN1CCC(C(O)C(F)(F)F)CC1. The van der Waals surface area contributed by atoms with Gasteiger partial charge in [-0.2, -0.15) is 13.2 Å². The van der Waals surface area contributed by atoms with Crippen LogP contribution in [0.5, 0.6) is 0 Å². The highest BCUT2D eigenvalue weighted by atomic mass is 19.4. The van der Waals surface area contributed by atoms with Crippen LogP contribution < -0.4 is 0 Å². The maximum atomic E-state index is 12.5. The third kappa shape index (κ3) is 4.09. The monoisotopic (exact) mass is 294 g/mol. The number of piperidine rings is 1. The van der Waals surface area contributed by atoms with Crippen LogP contribution in [-0.2, 0) is 0 Å². The molecule has 0 amide bonds. The first kappa shape index (κ1) is 16.0. The van der Waals surface area contributed by atoms with Gasteiger partial charge < -0.3 is 14.9 Å². The van der Waals surface area contributed by atoms with Crippen LogP contribution in [0.3, 0.4) is 0 Å². The average molecular weight is 294 g/mol. The molecular weight excluding hydrogens is 269 g/mol. The molecule has 2 aliphatic rings. The summed E-state index contributed by atoms with van der Waals surface area (Å²) < 4.78 is 37.4. The molecule has 118 valence electrons. The van der Waals surface area contributed by atoms with Crippen LogP contribution in [0, 0.1) is 5.92 Å². The van der Waals surface area contributed by atoms with E-state index in [0.29, 0.717) is 32.0 Å². The third-order valence-corrected chi connectivity index (χ3v) is 4.86. The van der Waals surface area contributed by atoms with Crippen LogP contribution >= 0.6 is 0 Å². The van der Waals surface area contributed by atoms with Gasteiger partial charge in [0, 0.05) is 6.04 Å². The lowest BCUT2D eigenvalue weighted by atomic mass is 9.90. The first-order chi connectivity index (χ1) is 9.38. The summed E-state index contributed by atoms with van der Waals surface area (Å²) in [6.07, 6.45) is -2.14. The minimum absolute atomic E-state index is 0.446. The van der Waals surface area contributed by atoms with Crippen molar-refractivity contribution in [3.63, 3.8) is 0 Å². The van der Waals surface area contributed by atoms with Gasteiger partial charge in [-0.05, 0) is 71.2 Å². The molecule has 0 bridgehead atoms. The summed E-state index contributed by atoms with van der Waals surface area (Å²) >= 11 is 0. The molecule has 2 saturated heterocycles. The van der Waals surface area contributed by atoms with Gasteiger partial charge in [-0.15, -0.1) is 0 Å². The van der Waals surface area contributed by atoms with E-state index in [1.54, 1.807) is 0 Å². The molecule has 2 rings (SSSR count). The van der Waals surface area contributed by atoms with Gasteiger partial charge in [0.15, 0.2) is 6.10 Å². The Morgan fingerprint density at radius 2 is 1.80 bits per heavy atom. The number of rotatable bonds is 4. The minimum atomic E-state index is -4.47. The molecule has 2 atom stereocenters.